The van der Waals surface area contributed by atoms with Gasteiger partial charge in [-0.3, -0.25) is 14.6 Å². The average molecular weight is 450 g/mol. The summed E-state index contributed by atoms with van der Waals surface area (Å²) in [7, 11) is 0. The molecule has 1 aromatic heterocycles. The molecule has 3 rings (SSSR count). The molecule has 0 saturated heterocycles. The third-order valence-corrected chi connectivity index (χ3v) is 5.16. The number of esters is 1. The Morgan fingerprint density at radius 2 is 1.79 bits per heavy atom. The number of pyridine rings is 1. The summed E-state index contributed by atoms with van der Waals surface area (Å²) >= 11 is 0. The Bertz CT molecular complexity index is 1100. The van der Waals surface area contributed by atoms with Crippen LogP contribution in [0.2, 0.25) is 0 Å². The van der Waals surface area contributed by atoms with Gasteiger partial charge < -0.3 is 15.8 Å². The lowest BCUT2D eigenvalue weighted by Gasteiger charge is -2.20. The second-order valence-corrected chi connectivity index (χ2v) is 8.73. The number of aryl methyl sites for hydroxylation is 1. The smallest absolute Gasteiger partial charge is 0.311 e. The van der Waals surface area contributed by atoms with E-state index in [1.54, 1.807) is 12.4 Å². The van der Waals surface area contributed by atoms with E-state index in [9.17, 15) is 9.59 Å². The lowest BCUT2D eigenvalue weighted by atomic mass is 9.92. The standard InChI is InChI=1S/C25H29N3O3.C2H6/c1-16-5-6-17(15-31-24(30)25(2,3)4)11-21(16)22(13-26)23(29)28-20-8-7-19-14-27-10-9-18(19)12-20;1-2/h5-12,14,22H,13,15,26H2,1-4H3,(H,28,29);1-2H3. The molecule has 6 heteroatoms. The van der Waals surface area contributed by atoms with Crippen molar-refractivity contribution < 1.29 is 14.3 Å². The molecule has 3 N–H and O–H groups in total. The predicted molar refractivity (Wildman–Crippen MR) is 134 cm³/mol. The molecule has 3 aromatic rings. The van der Waals surface area contributed by atoms with Crippen molar-refractivity contribution >= 4 is 28.3 Å². The second kappa shape index (κ2) is 11.6. The highest BCUT2D eigenvalue weighted by Crippen LogP contribution is 2.25. The number of nitrogens with two attached hydrogens (primary N) is 1. The summed E-state index contributed by atoms with van der Waals surface area (Å²) in [6.45, 7) is 11.7. The maximum Gasteiger partial charge on any atom is 0.311 e. The number of benzene rings is 2. The molecule has 1 amide bonds. The molecule has 0 spiro atoms. The third kappa shape index (κ3) is 6.86. The molecule has 6 nitrogen and oxygen atoms in total. The van der Waals surface area contributed by atoms with Gasteiger partial charge in [-0.25, -0.2) is 0 Å². The lowest BCUT2D eigenvalue weighted by Crippen LogP contribution is -2.28. The Morgan fingerprint density at radius 1 is 1.06 bits per heavy atom. The third-order valence-electron chi connectivity index (χ3n) is 5.16. The number of carbonyl (C=O) groups excluding carboxylic acids is 2. The summed E-state index contributed by atoms with van der Waals surface area (Å²) in [5.74, 6) is -0.969. The molecule has 33 heavy (non-hydrogen) atoms. The first kappa shape index (κ1) is 26.0. The minimum atomic E-state index is -0.566. The summed E-state index contributed by atoms with van der Waals surface area (Å²) in [6, 6.07) is 13.3. The number of anilines is 1. The first-order chi connectivity index (χ1) is 15.7. The minimum Gasteiger partial charge on any atom is -0.460 e. The van der Waals surface area contributed by atoms with Crippen LogP contribution in [0.5, 0.6) is 0 Å². The van der Waals surface area contributed by atoms with Gasteiger partial charge in [-0.05, 0) is 68.0 Å². The maximum absolute atomic E-state index is 13.1. The molecule has 2 aromatic carbocycles. The lowest BCUT2D eigenvalue weighted by molar-refractivity contribution is -0.154. The maximum atomic E-state index is 13.1. The Balaban J connectivity index is 0.00000187. The largest absolute Gasteiger partial charge is 0.460 e. The van der Waals surface area contributed by atoms with Gasteiger partial charge in [-0.15, -0.1) is 0 Å². The van der Waals surface area contributed by atoms with E-state index in [1.165, 1.54) is 0 Å². The molecule has 0 saturated carbocycles. The Labute approximate surface area is 196 Å². The predicted octanol–water partition coefficient (Wildman–Crippen LogP) is 5.34. The number of fused-ring (bicyclic) bond motifs is 1. The molecule has 0 aliphatic heterocycles. The van der Waals surface area contributed by atoms with E-state index >= 15 is 0 Å². The number of hydrogen-bond donors (Lipinski definition) is 2. The fourth-order valence-corrected chi connectivity index (χ4v) is 3.29. The Kier molecular flexibility index (Phi) is 9.12. The van der Waals surface area contributed by atoms with E-state index in [1.807, 2.05) is 84.0 Å². The summed E-state index contributed by atoms with van der Waals surface area (Å²) in [6.07, 6.45) is 3.50. The zero-order chi connectivity index (χ0) is 24.6. The van der Waals surface area contributed by atoms with Crippen molar-refractivity contribution in [3.63, 3.8) is 0 Å². The number of rotatable bonds is 6. The molecule has 0 fully saturated rings. The fourth-order valence-electron chi connectivity index (χ4n) is 3.29. The first-order valence-electron chi connectivity index (χ1n) is 11.3. The van der Waals surface area contributed by atoms with Gasteiger partial charge in [0.15, 0.2) is 0 Å². The summed E-state index contributed by atoms with van der Waals surface area (Å²) in [5, 5.41) is 4.98. The van der Waals surface area contributed by atoms with Gasteiger partial charge in [0, 0.05) is 30.0 Å². The number of nitrogens with zero attached hydrogens (tertiary/aromatic N) is 1. The fraction of sp³-hybridized carbons (Fsp3) is 0.370. The topological polar surface area (TPSA) is 94.3 Å². The molecule has 176 valence electrons. The van der Waals surface area contributed by atoms with Crippen LogP contribution in [0.3, 0.4) is 0 Å². The summed E-state index contributed by atoms with van der Waals surface area (Å²) in [5.41, 5.74) is 8.74. The van der Waals surface area contributed by atoms with E-state index in [0.29, 0.717) is 5.69 Å². The van der Waals surface area contributed by atoms with Crippen LogP contribution >= 0.6 is 0 Å². The van der Waals surface area contributed by atoms with Crippen LogP contribution in [-0.4, -0.2) is 23.4 Å². The van der Waals surface area contributed by atoms with Gasteiger partial charge in [-0.1, -0.05) is 38.1 Å². The second-order valence-electron chi connectivity index (χ2n) is 8.73. The average Bonchev–Trinajstić information content (AvgIpc) is 2.80. The zero-order valence-electron chi connectivity index (χ0n) is 20.4. The van der Waals surface area contributed by atoms with E-state index < -0.39 is 11.3 Å². The molecule has 0 aliphatic rings. The van der Waals surface area contributed by atoms with Crippen LogP contribution < -0.4 is 11.1 Å². The van der Waals surface area contributed by atoms with E-state index in [4.69, 9.17) is 10.5 Å². The highest BCUT2D eigenvalue weighted by molar-refractivity contribution is 5.98. The number of carbonyl (C=O) groups is 2. The van der Waals surface area contributed by atoms with E-state index in [0.717, 1.165) is 27.5 Å². The van der Waals surface area contributed by atoms with Gasteiger partial charge in [0.1, 0.15) is 6.61 Å². The summed E-state index contributed by atoms with van der Waals surface area (Å²) in [4.78, 5) is 29.2. The van der Waals surface area contributed by atoms with Gasteiger partial charge in [-0.2, -0.15) is 0 Å². The van der Waals surface area contributed by atoms with Gasteiger partial charge >= 0.3 is 5.97 Å². The SMILES string of the molecule is CC.Cc1ccc(COC(=O)C(C)(C)C)cc1C(CN)C(=O)Nc1ccc2cnccc2c1. The van der Waals surface area contributed by atoms with Crippen molar-refractivity contribution in [1.29, 1.82) is 0 Å². The minimum absolute atomic E-state index is 0.154. The van der Waals surface area contributed by atoms with Gasteiger partial charge in [0.05, 0.1) is 11.3 Å². The number of aromatic nitrogens is 1. The van der Waals surface area contributed by atoms with Crippen molar-refractivity contribution in [2.24, 2.45) is 11.1 Å². The zero-order valence-corrected chi connectivity index (χ0v) is 20.4. The molecule has 0 radical (unpaired) electrons. The van der Waals surface area contributed by atoms with Crippen molar-refractivity contribution in [2.45, 2.75) is 54.1 Å². The molecular weight excluding hydrogens is 414 g/mol. The van der Waals surface area contributed by atoms with Crippen LogP contribution in [0.25, 0.3) is 10.8 Å². The number of nitrogens with one attached hydrogen (secondary N) is 1. The Hall–Kier alpha value is -3.25. The molecule has 1 atom stereocenters. The highest BCUT2D eigenvalue weighted by atomic mass is 16.5. The van der Waals surface area contributed by atoms with Crippen LogP contribution in [0.15, 0.2) is 54.9 Å². The quantitative estimate of drug-likeness (QED) is 0.495. The van der Waals surface area contributed by atoms with Crippen LogP contribution in [0.1, 0.15) is 57.2 Å². The van der Waals surface area contributed by atoms with E-state index in [2.05, 4.69) is 10.3 Å². The van der Waals surface area contributed by atoms with Gasteiger partial charge in [0.2, 0.25) is 5.91 Å². The summed E-state index contributed by atoms with van der Waals surface area (Å²) < 4.78 is 5.42. The Morgan fingerprint density at radius 3 is 2.45 bits per heavy atom. The van der Waals surface area contributed by atoms with Crippen molar-refractivity contribution in [3.8, 4) is 0 Å². The van der Waals surface area contributed by atoms with Crippen molar-refractivity contribution in [3.05, 3.63) is 71.5 Å². The van der Waals surface area contributed by atoms with E-state index in [-0.39, 0.29) is 25.0 Å². The molecule has 1 heterocycles. The molecule has 0 bridgehead atoms. The normalized spacial score (nSPS) is 11.8. The highest BCUT2D eigenvalue weighted by Gasteiger charge is 2.24. The van der Waals surface area contributed by atoms with Crippen molar-refractivity contribution in [2.75, 3.05) is 11.9 Å². The molecule has 1 unspecified atom stereocenters. The molecule has 0 aliphatic carbocycles. The monoisotopic (exact) mass is 449 g/mol. The van der Waals surface area contributed by atoms with Gasteiger partial charge in [0.25, 0.3) is 0 Å². The van der Waals surface area contributed by atoms with Crippen LogP contribution in [-0.2, 0) is 20.9 Å². The van der Waals surface area contributed by atoms with Crippen molar-refractivity contribution in [1.82, 2.24) is 4.98 Å². The van der Waals surface area contributed by atoms with Crippen LogP contribution in [0.4, 0.5) is 5.69 Å². The number of hydrogen-bond acceptors (Lipinski definition) is 5. The first-order valence-corrected chi connectivity index (χ1v) is 11.3. The molecular formula is C27H35N3O3. The van der Waals surface area contributed by atoms with Crippen LogP contribution in [0, 0.1) is 12.3 Å². The number of ether oxygens (including phenoxy) is 1. The number of amides is 1.